The largest absolute Gasteiger partial charge is 1.00 e. The summed E-state index contributed by atoms with van der Waals surface area (Å²) < 4.78 is 5.77. The molecule has 1 unspecified atom stereocenters. The molecule has 0 heterocycles. The van der Waals surface area contributed by atoms with Gasteiger partial charge in [-0.1, -0.05) is 36.4 Å². The summed E-state index contributed by atoms with van der Waals surface area (Å²) in [4.78, 5) is 0. The van der Waals surface area contributed by atoms with Gasteiger partial charge in [0.2, 0.25) is 0 Å². The highest BCUT2D eigenvalue weighted by molar-refractivity contribution is 7.76. The third-order valence-electron chi connectivity index (χ3n) is 3.92. The first-order valence-corrected chi connectivity index (χ1v) is 9.25. The van der Waals surface area contributed by atoms with E-state index < -0.39 is 7.26 Å². The third-order valence-corrected chi connectivity index (χ3v) is 9.16. The van der Waals surface area contributed by atoms with Crippen LogP contribution in [-0.2, 0) is 4.74 Å². The topological polar surface area (TPSA) is 9.23 Å². The van der Waals surface area contributed by atoms with Crippen molar-refractivity contribution < 1.29 is 21.7 Å². The van der Waals surface area contributed by atoms with Crippen molar-refractivity contribution in [2.24, 2.45) is 0 Å². The van der Waals surface area contributed by atoms with Gasteiger partial charge < -0.3 is 21.7 Å². The fourth-order valence-corrected chi connectivity index (χ4v) is 5.77. The van der Waals surface area contributed by atoms with Crippen LogP contribution in [0.1, 0.15) is 26.3 Å². The standard InChI is InChI=1S/C16H26OP.BrH/c1-5-18(6-2,7-3)16(17-4)14-13-15-11-9-8-10-12-15;/h8-14,16H,5-7H2,1-4H3;1H/q+1;/p-1/b14-13+;. The molecule has 0 saturated heterocycles. The molecule has 108 valence electrons. The fraction of sp³-hybridized carbons (Fsp3) is 0.500. The van der Waals surface area contributed by atoms with Gasteiger partial charge in [-0.05, 0) is 32.4 Å². The van der Waals surface area contributed by atoms with Crippen LogP contribution in [0.25, 0.3) is 6.08 Å². The Kier molecular flexibility index (Phi) is 9.60. The normalized spacial score (nSPS) is 13.3. The lowest BCUT2D eigenvalue weighted by atomic mass is 10.2. The lowest BCUT2D eigenvalue weighted by Gasteiger charge is -2.29. The predicted molar refractivity (Wildman–Crippen MR) is 84.8 cm³/mol. The first-order valence-electron chi connectivity index (χ1n) is 6.84. The van der Waals surface area contributed by atoms with E-state index in [1.165, 1.54) is 24.0 Å². The van der Waals surface area contributed by atoms with Gasteiger partial charge >= 0.3 is 0 Å². The summed E-state index contributed by atoms with van der Waals surface area (Å²) in [5.41, 5.74) is 1.25. The van der Waals surface area contributed by atoms with Crippen molar-refractivity contribution in [3.63, 3.8) is 0 Å². The Hall–Kier alpha value is -0.170. The van der Waals surface area contributed by atoms with Crippen molar-refractivity contribution in [1.82, 2.24) is 0 Å². The zero-order valence-corrected chi connectivity index (χ0v) is 15.0. The molecular formula is C16H26BrOP. The molecule has 3 heteroatoms. The van der Waals surface area contributed by atoms with Crippen LogP contribution in [-0.4, -0.2) is 31.4 Å². The quantitative estimate of drug-likeness (QED) is 0.685. The lowest BCUT2D eigenvalue weighted by Crippen LogP contribution is -3.00. The van der Waals surface area contributed by atoms with Gasteiger partial charge in [0.05, 0.1) is 18.5 Å². The zero-order valence-electron chi connectivity index (χ0n) is 12.5. The highest BCUT2D eigenvalue weighted by atomic mass is 79.9. The van der Waals surface area contributed by atoms with Crippen LogP contribution in [0.15, 0.2) is 36.4 Å². The van der Waals surface area contributed by atoms with Crippen LogP contribution in [0.2, 0.25) is 0 Å². The van der Waals surface area contributed by atoms with Crippen LogP contribution in [0, 0.1) is 0 Å². The number of ether oxygens (including phenoxy) is 1. The second-order valence-corrected chi connectivity index (χ2v) is 9.41. The summed E-state index contributed by atoms with van der Waals surface area (Å²) in [7, 11) is 0.848. The highest BCUT2D eigenvalue weighted by Crippen LogP contribution is 2.62. The molecule has 0 aromatic heterocycles. The average Bonchev–Trinajstić information content (AvgIpc) is 2.45. The Balaban J connectivity index is 0.00000324. The fourth-order valence-electron chi connectivity index (χ4n) is 2.45. The molecule has 0 radical (unpaired) electrons. The Morgan fingerprint density at radius 1 is 1.05 bits per heavy atom. The molecule has 0 saturated carbocycles. The molecule has 0 bridgehead atoms. The first-order chi connectivity index (χ1) is 8.72. The van der Waals surface area contributed by atoms with E-state index in [0.29, 0.717) is 5.85 Å². The molecule has 1 atom stereocenters. The number of hydrogen-bond acceptors (Lipinski definition) is 1. The molecule has 0 aliphatic heterocycles. The number of halogens is 1. The van der Waals surface area contributed by atoms with E-state index in [1.54, 1.807) is 0 Å². The van der Waals surface area contributed by atoms with Gasteiger partial charge in [-0.3, -0.25) is 0 Å². The van der Waals surface area contributed by atoms with Crippen molar-refractivity contribution in [1.29, 1.82) is 0 Å². The van der Waals surface area contributed by atoms with Gasteiger partial charge in [0.1, 0.15) is 0 Å². The van der Waals surface area contributed by atoms with Gasteiger partial charge in [0.15, 0.2) is 5.85 Å². The Morgan fingerprint density at radius 3 is 2.00 bits per heavy atom. The van der Waals surface area contributed by atoms with E-state index in [1.807, 2.05) is 13.2 Å². The summed E-state index contributed by atoms with van der Waals surface area (Å²) in [5, 5.41) is 0. The monoisotopic (exact) mass is 344 g/mol. The van der Waals surface area contributed by atoms with E-state index in [9.17, 15) is 0 Å². The molecular weight excluding hydrogens is 319 g/mol. The van der Waals surface area contributed by atoms with E-state index in [4.69, 9.17) is 4.74 Å². The minimum atomic E-state index is -0.995. The molecule has 0 N–H and O–H groups in total. The van der Waals surface area contributed by atoms with Crippen molar-refractivity contribution in [2.75, 3.05) is 25.6 Å². The summed E-state index contributed by atoms with van der Waals surface area (Å²) in [5.74, 6) is 0.303. The highest BCUT2D eigenvalue weighted by Gasteiger charge is 2.39. The van der Waals surface area contributed by atoms with Crippen LogP contribution in [0.3, 0.4) is 0 Å². The van der Waals surface area contributed by atoms with Crippen molar-refractivity contribution >= 4 is 13.3 Å². The van der Waals surface area contributed by atoms with Crippen LogP contribution < -0.4 is 17.0 Å². The smallest absolute Gasteiger partial charge is 0.185 e. The average molecular weight is 345 g/mol. The molecule has 1 aromatic carbocycles. The predicted octanol–water partition coefficient (Wildman–Crippen LogP) is 1.75. The molecule has 0 aliphatic rings. The van der Waals surface area contributed by atoms with Crippen LogP contribution in [0.4, 0.5) is 0 Å². The minimum absolute atomic E-state index is 0. The lowest BCUT2D eigenvalue weighted by molar-refractivity contribution is -0.00000419. The maximum atomic E-state index is 5.77. The minimum Gasteiger partial charge on any atom is -1.00 e. The second-order valence-electron chi connectivity index (χ2n) is 4.56. The van der Waals surface area contributed by atoms with E-state index in [0.717, 1.165) is 0 Å². The van der Waals surface area contributed by atoms with Crippen molar-refractivity contribution in [2.45, 2.75) is 26.6 Å². The Labute approximate surface area is 129 Å². The molecule has 19 heavy (non-hydrogen) atoms. The van der Waals surface area contributed by atoms with E-state index in [2.05, 4.69) is 57.2 Å². The summed E-state index contributed by atoms with van der Waals surface area (Å²) in [6, 6.07) is 10.5. The molecule has 0 aliphatic carbocycles. The SMILES string of the molecule is CC[P+](CC)(CC)C(/C=C/c1ccccc1)OC.[Br-]. The number of hydrogen-bond donors (Lipinski definition) is 0. The molecule has 0 spiro atoms. The van der Waals surface area contributed by atoms with Gasteiger partial charge in [-0.25, -0.2) is 0 Å². The molecule has 0 fully saturated rings. The van der Waals surface area contributed by atoms with Gasteiger partial charge in [-0.15, -0.1) is 0 Å². The van der Waals surface area contributed by atoms with Crippen LogP contribution >= 0.6 is 7.26 Å². The number of methoxy groups -OCH3 is 1. The maximum absolute atomic E-state index is 5.77. The molecule has 1 rings (SSSR count). The van der Waals surface area contributed by atoms with Gasteiger partial charge in [0, 0.05) is 14.4 Å². The zero-order chi connectivity index (χ0) is 13.4. The maximum Gasteiger partial charge on any atom is 0.185 e. The van der Waals surface area contributed by atoms with Gasteiger partial charge in [0.25, 0.3) is 0 Å². The van der Waals surface area contributed by atoms with E-state index >= 15 is 0 Å². The Bertz CT molecular complexity index is 352. The number of rotatable bonds is 7. The first kappa shape index (κ1) is 18.8. The number of benzene rings is 1. The summed E-state index contributed by atoms with van der Waals surface area (Å²) in [6.45, 7) is 6.93. The Morgan fingerprint density at radius 2 is 1.58 bits per heavy atom. The van der Waals surface area contributed by atoms with E-state index in [-0.39, 0.29) is 17.0 Å². The summed E-state index contributed by atoms with van der Waals surface area (Å²) >= 11 is 0. The second kappa shape index (κ2) is 9.69. The third kappa shape index (κ3) is 5.02. The van der Waals surface area contributed by atoms with Crippen LogP contribution in [0.5, 0.6) is 0 Å². The molecule has 0 amide bonds. The summed E-state index contributed by atoms with van der Waals surface area (Å²) in [6.07, 6.45) is 8.25. The van der Waals surface area contributed by atoms with Gasteiger partial charge in [-0.2, -0.15) is 0 Å². The van der Waals surface area contributed by atoms with Crippen molar-refractivity contribution in [3.8, 4) is 0 Å². The van der Waals surface area contributed by atoms with Crippen molar-refractivity contribution in [3.05, 3.63) is 42.0 Å². The molecule has 1 nitrogen and oxygen atoms in total. The molecule has 1 aromatic rings.